The number of rotatable bonds is 3. The van der Waals surface area contributed by atoms with Gasteiger partial charge in [0.1, 0.15) is 5.52 Å². The Labute approximate surface area is 109 Å². The van der Waals surface area contributed by atoms with Gasteiger partial charge in [0, 0.05) is 6.54 Å². The van der Waals surface area contributed by atoms with E-state index in [0.717, 1.165) is 25.3 Å². The molecule has 1 fully saturated rings. The number of nitrogens with zero attached hydrogens (tertiary/aromatic N) is 1. The fraction of sp³-hybridized carbons (Fsp3) is 0.462. The quantitative estimate of drug-likeness (QED) is 0.829. The molecule has 5 heteroatoms. The van der Waals surface area contributed by atoms with Gasteiger partial charge in [-0.3, -0.25) is 0 Å². The number of nitrogens with one attached hydrogen (secondary N) is 1. The Morgan fingerprint density at radius 2 is 2.11 bits per heavy atom. The third-order valence-corrected chi connectivity index (χ3v) is 4.35. The predicted molar refractivity (Wildman–Crippen MR) is 69.0 cm³/mol. The largest absolute Gasteiger partial charge is 0.330 e. The maximum atomic E-state index is 13.9. The van der Waals surface area contributed by atoms with E-state index in [0.29, 0.717) is 16.8 Å². The van der Waals surface area contributed by atoms with Gasteiger partial charge in [-0.2, -0.15) is 0 Å². The van der Waals surface area contributed by atoms with E-state index in [1.54, 1.807) is 4.57 Å². The van der Waals surface area contributed by atoms with E-state index in [4.69, 9.17) is 12.2 Å². The number of hydrogen-bond acceptors (Lipinski definition) is 1. The van der Waals surface area contributed by atoms with Crippen LogP contribution in [0.5, 0.6) is 0 Å². The molecule has 0 aliphatic heterocycles. The standard InChI is InChI=1S/C13H14F2N2S/c1-2-13(5-6-13)7-17-11-9(16-12(17)18)4-3-8(14)10(11)15/h3-4H,2,5-7H2,1H3,(H,16,18). The molecule has 2 nitrogen and oxygen atoms in total. The van der Waals surface area contributed by atoms with Crippen LogP contribution in [0.2, 0.25) is 0 Å². The number of benzene rings is 1. The normalized spacial score (nSPS) is 17.3. The van der Waals surface area contributed by atoms with Crippen LogP contribution in [0.15, 0.2) is 12.1 Å². The highest BCUT2D eigenvalue weighted by molar-refractivity contribution is 7.71. The van der Waals surface area contributed by atoms with Gasteiger partial charge in [-0.1, -0.05) is 6.92 Å². The zero-order chi connectivity index (χ0) is 12.9. The van der Waals surface area contributed by atoms with Gasteiger partial charge in [-0.25, -0.2) is 8.78 Å². The van der Waals surface area contributed by atoms with Crippen LogP contribution in [0.4, 0.5) is 8.78 Å². The number of fused-ring (bicyclic) bond motifs is 1. The number of aromatic nitrogens is 2. The molecular weight excluding hydrogens is 254 g/mol. The van der Waals surface area contributed by atoms with Crippen LogP contribution in [-0.2, 0) is 6.54 Å². The van der Waals surface area contributed by atoms with Crippen molar-refractivity contribution in [3.05, 3.63) is 28.5 Å². The first-order valence-electron chi connectivity index (χ1n) is 6.13. The number of hydrogen-bond donors (Lipinski definition) is 1. The van der Waals surface area contributed by atoms with Crippen LogP contribution >= 0.6 is 12.2 Å². The van der Waals surface area contributed by atoms with Crippen molar-refractivity contribution in [3.63, 3.8) is 0 Å². The fourth-order valence-corrected chi connectivity index (χ4v) is 2.74. The Morgan fingerprint density at radius 3 is 2.72 bits per heavy atom. The summed E-state index contributed by atoms with van der Waals surface area (Å²) in [5.74, 6) is -1.64. The molecular formula is C13H14F2N2S. The molecule has 0 saturated heterocycles. The van der Waals surface area contributed by atoms with E-state index in [2.05, 4.69) is 11.9 Å². The lowest BCUT2D eigenvalue weighted by Crippen LogP contribution is -2.11. The highest BCUT2D eigenvalue weighted by Crippen LogP contribution is 2.50. The van der Waals surface area contributed by atoms with Crippen molar-refractivity contribution in [1.82, 2.24) is 9.55 Å². The number of H-pyrrole nitrogens is 1. The van der Waals surface area contributed by atoms with E-state index in [9.17, 15) is 8.78 Å². The van der Waals surface area contributed by atoms with Crippen LogP contribution < -0.4 is 0 Å². The molecule has 2 aromatic rings. The van der Waals surface area contributed by atoms with Gasteiger partial charge in [0.05, 0.1) is 5.52 Å². The molecule has 1 aromatic heterocycles. The van der Waals surface area contributed by atoms with E-state index >= 15 is 0 Å². The summed E-state index contributed by atoms with van der Waals surface area (Å²) >= 11 is 5.22. The Morgan fingerprint density at radius 1 is 1.39 bits per heavy atom. The molecule has 0 radical (unpaired) electrons. The van der Waals surface area contributed by atoms with Crippen molar-refractivity contribution < 1.29 is 8.78 Å². The molecule has 96 valence electrons. The second kappa shape index (κ2) is 3.88. The number of imidazole rings is 1. The maximum Gasteiger partial charge on any atom is 0.184 e. The first-order chi connectivity index (χ1) is 8.56. The van der Waals surface area contributed by atoms with Crippen molar-refractivity contribution in [2.45, 2.75) is 32.7 Å². The average Bonchev–Trinajstić information content (AvgIpc) is 3.06. The Balaban J connectivity index is 2.19. The van der Waals surface area contributed by atoms with Crippen molar-refractivity contribution in [3.8, 4) is 0 Å². The van der Waals surface area contributed by atoms with Crippen molar-refractivity contribution in [2.24, 2.45) is 5.41 Å². The lowest BCUT2D eigenvalue weighted by Gasteiger charge is -2.14. The molecule has 1 N–H and O–H groups in total. The smallest absolute Gasteiger partial charge is 0.184 e. The van der Waals surface area contributed by atoms with Crippen LogP contribution in [0, 0.1) is 21.8 Å². The van der Waals surface area contributed by atoms with Crippen molar-refractivity contribution in [1.29, 1.82) is 0 Å². The van der Waals surface area contributed by atoms with Gasteiger partial charge < -0.3 is 9.55 Å². The molecule has 1 aromatic carbocycles. The van der Waals surface area contributed by atoms with Crippen LogP contribution in [-0.4, -0.2) is 9.55 Å². The van der Waals surface area contributed by atoms with Gasteiger partial charge in [0.15, 0.2) is 16.4 Å². The number of halogens is 2. The van der Waals surface area contributed by atoms with Gasteiger partial charge in [-0.15, -0.1) is 0 Å². The Kier molecular flexibility index (Phi) is 2.55. The zero-order valence-corrected chi connectivity index (χ0v) is 10.9. The average molecular weight is 268 g/mol. The lowest BCUT2D eigenvalue weighted by molar-refractivity contribution is 0.408. The Hall–Kier alpha value is -1.23. The van der Waals surface area contributed by atoms with E-state index in [1.165, 1.54) is 6.07 Å². The molecule has 0 spiro atoms. The molecule has 0 amide bonds. The summed E-state index contributed by atoms with van der Waals surface area (Å²) in [5.41, 5.74) is 1.05. The van der Waals surface area contributed by atoms with Gasteiger partial charge in [0.2, 0.25) is 0 Å². The minimum Gasteiger partial charge on any atom is -0.330 e. The van der Waals surface area contributed by atoms with Gasteiger partial charge in [0.25, 0.3) is 0 Å². The molecule has 0 bridgehead atoms. The van der Waals surface area contributed by atoms with Crippen LogP contribution in [0.25, 0.3) is 11.0 Å². The van der Waals surface area contributed by atoms with E-state index in [1.807, 2.05) is 0 Å². The molecule has 18 heavy (non-hydrogen) atoms. The summed E-state index contributed by atoms with van der Waals surface area (Å²) in [4.78, 5) is 2.94. The van der Waals surface area contributed by atoms with Crippen molar-refractivity contribution >= 4 is 23.3 Å². The van der Waals surface area contributed by atoms with Gasteiger partial charge >= 0.3 is 0 Å². The third-order valence-electron chi connectivity index (χ3n) is 4.03. The highest BCUT2D eigenvalue weighted by Gasteiger charge is 2.41. The predicted octanol–water partition coefficient (Wildman–Crippen LogP) is 4.17. The lowest BCUT2D eigenvalue weighted by atomic mass is 10.0. The molecule has 1 heterocycles. The molecule has 1 aliphatic carbocycles. The van der Waals surface area contributed by atoms with Crippen LogP contribution in [0.3, 0.4) is 0 Å². The summed E-state index contributed by atoms with van der Waals surface area (Å²) in [6.07, 6.45) is 3.31. The second-order valence-corrected chi connectivity index (χ2v) is 5.51. The van der Waals surface area contributed by atoms with Gasteiger partial charge in [-0.05, 0) is 49.0 Å². The summed E-state index contributed by atoms with van der Waals surface area (Å²) in [6, 6.07) is 2.66. The summed E-state index contributed by atoms with van der Waals surface area (Å²) < 4.78 is 29.4. The van der Waals surface area contributed by atoms with E-state index < -0.39 is 11.6 Å². The molecule has 0 unspecified atom stereocenters. The minimum atomic E-state index is -0.827. The second-order valence-electron chi connectivity index (χ2n) is 5.13. The zero-order valence-electron chi connectivity index (χ0n) is 10.1. The number of aromatic amines is 1. The molecule has 1 aliphatic rings. The molecule has 0 atom stereocenters. The first-order valence-corrected chi connectivity index (χ1v) is 6.54. The topological polar surface area (TPSA) is 20.7 Å². The van der Waals surface area contributed by atoms with Crippen molar-refractivity contribution in [2.75, 3.05) is 0 Å². The van der Waals surface area contributed by atoms with E-state index in [-0.39, 0.29) is 10.9 Å². The summed E-state index contributed by atoms with van der Waals surface area (Å²) in [5, 5.41) is 0. The SMILES string of the molecule is CCC1(Cn2c(=S)[nH]c3ccc(F)c(F)c32)CC1. The fourth-order valence-electron chi connectivity index (χ4n) is 2.48. The molecule has 1 saturated carbocycles. The summed E-state index contributed by atoms with van der Waals surface area (Å²) in [7, 11) is 0. The minimum absolute atomic E-state index is 0.228. The Bertz CT molecular complexity index is 667. The third kappa shape index (κ3) is 1.68. The maximum absolute atomic E-state index is 13.9. The first kappa shape index (κ1) is 11.8. The summed E-state index contributed by atoms with van der Waals surface area (Å²) in [6.45, 7) is 2.80. The molecule has 3 rings (SSSR count). The van der Waals surface area contributed by atoms with Crippen LogP contribution in [0.1, 0.15) is 26.2 Å². The highest BCUT2D eigenvalue weighted by atomic mass is 32.1. The monoisotopic (exact) mass is 268 g/mol.